The molecule has 4 nitrogen and oxygen atoms in total. The highest BCUT2D eigenvalue weighted by Gasteiger charge is 2.08. The first-order valence-corrected chi connectivity index (χ1v) is 9.41. The molecule has 2 N–H and O–H groups in total. The molecule has 0 aliphatic heterocycles. The van der Waals surface area contributed by atoms with Crippen LogP contribution in [0.2, 0.25) is 0 Å². The molecule has 2 rings (SSSR count). The minimum absolute atomic E-state index is 0.163. The van der Waals surface area contributed by atoms with Crippen molar-refractivity contribution < 1.29 is 4.39 Å². The predicted octanol–water partition coefficient (Wildman–Crippen LogP) is 3.57. The molecule has 0 saturated carbocycles. The van der Waals surface area contributed by atoms with Crippen LogP contribution in [-0.2, 0) is 19.5 Å². The molecule has 0 radical (unpaired) electrons. The zero-order chi connectivity index (χ0) is 19.6. The van der Waals surface area contributed by atoms with Crippen LogP contribution < -0.4 is 10.6 Å². The Morgan fingerprint density at radius 1 is 1.11 bits per heavy atom. The van der Waals surface area contributed by atoms with E-state index in [0.29, 0.717) is 24.7 Å². The molecule has 0 saturated heterocycles. The Morgan fingerprint density at radius 2 is 1.85 bits per heavy atom. The number of aliphatic imine (C=N–C) groups is 1. The molecule has 0 aliphatic carbocycles. The van der Waals surface area contributed by atoms with Crippen molar-refractivity contribution in [1.82, 2.24) is 15.5 Å². The van der Waals surface area contributed by atoms with Crippen molar-refractivity contribution in [2.24, 2.45) is 4.99 Å². The van der Waals surface area contributed by atoms with Crippen LogP contribution in [0.3, 0.4) is 0 Å². The molecule has 0 fully saturated rings. The van der Waals surface area contributed by atoms with Crippen molar-refractivity contribution >= 4 is 5.96 Å². The summed E-state index contributed by atoms with van der Waals surface area (Å²) in [4.78, 5) is 6.26. The van der Waals surface area contributed by atoms with Gasteiger partial charge in [0.2, 0.25) is 0 Å². The lowest BCUT2D eigenvalue weighted by molar-refractivity contribution is 0.392. The summed E-state index contributed by atoms with van der Waals surface area (Å²) < 4.78 is 13.9. The topological polar surface area (TPSA) is 39.7 Å². The van der Waals surface area contributed by atoms with E-state index in [1.54, 1.807) is 7.05 Å². The van der Waals surface area contributed by atoms with Crippen molar-refractivity contribution in [2.45, 2.75) is 38.9 Å². The Bertz CT molecular complexity index is 728. The third kappa shape index (κ3) is 7.39. The second-order valence-electron chi connectivity index (χ2n) is 7.16. The highest BCUT2D eigenvalue weighted by Crippen LogP contribution is 2.12. The first-order valence-electron chi connectivity index (χ1n) is 9.41. The highest BCUT2D eigenvalue weighted by molar-refractivity contribution is 5.79. The van der Waals surface area contributed by atoms with Crippen LogP contribution >= 0.6 is 0 Å². The van der Waals surface area contributed by atoms with Crippen molar-refractivity contribution in [3.63, 3.8) is 0 Å². The maximum Gasteiger partial charge on any atom is 0.191 e. The van der Waals surface area contributed by atoms with Gasteiger partial charge < -0.3 is 15.5 Å². The minimum atomic E-state index is -0.163. The molecule has 5 heteroatoms. The average Bonchev–Trinajstić information content (AvgIpc) is 2.66. The number of rotatable bonds is 8. The molecule has 0 aliphatic rings. The van der Waals surface area contributed by atoms with E-state index in [1.165, 1.54) is 11.6 Å². The van der Waals surface area contributed by atoms with E-state index in [1.807, 2.05) is 37.2 Å². The normalized spacial score (nSPS) is 12.9. The van der Waals surface area contributed by atoms with Crippen molar-refractivity contribution in [1.29, 1.82) is 0 Å². The van der Waals surface area contributed by atoms with E-state index < -0.39 is 0 Å². The van der Waals surface area contributed by atoms with Gasteiger partial charge in [-0.15, -0.1) is 0 Å². The number of hydrogen-bond donors (Lipinski definition) is 2. The molecule has 0 spiro atoms. The lowest BCUT2D eigenvalue weighted by Crippen LogP contribution is -2.42. The standard InChI is InChI=1S/C22H31FN4/c1-17(10-11-18-8-6-5-7-9-18)26-22(24-2)25-15-19-12-13-21(23)20(14-19)16-27(3)4/h5-9,12-14,17H,10-11,15-16H2,1-4H3,(H2,24,25,26). The Morgan fingerprint density at radius 3 is 2.52 bits per heavy atom. The molecule has 27 heavy (non-hydrogen) atoms. The van der Waals surface area contributed by atoms with Crippen molar-refractivity contribution in [3.05, 3.63) is 71.0 Å². The zero-order valence-electron chi connectivity index (χ0n) is 16.8. The Kier molecular flexibility index (Phi) is 8.27. The molecule has 146 valence electrons. The third-order valence-electron chi connectivity index (χ3n) is 4.37. The van der Waals surface area contributed by atoms with Crippen molar-refractivity contribution in [2.75, 3.05) is 21.1 Å². The van der Waals surface area contributed by atoms with Crippen LogP contribution in [0.5, 0.6) is 0 Å². The monoisotopic (exact) mass is 370 g/mol. The van der Waals surface area contributed by atoms with E-state index in [0.717, 1.165) is 24.4 Å². The zero-order valence-corrected chi connectivity index (χ0v) is 16.8. The van der Waals surface area contributed by atoms with Gasteiger partial charge in [0.15, 0.2) is 5.96 Å². The molecule has 0 bridgehead atoms. The van der Waals surface area contributed by atoms with Crippen LogP contribution in [0.1, 0.15) is 30.0 Å². The fourth-order valence-corrected chi connectivity index (χ4v) is 2.91. The summed E-state index contributed by atoms with van der Waals surface area (Å²) in [6.45, 7) is 3.35. The summed E-state index contributed by atoms with van der Waals surface area (Å²) in [7, 11) is 5.64. The lowest BCUT2D eigenvalue weighted by Gasteiger charge is -2.18. The first kappa shape index (κ1) is 20.9. The fraction of sp³-hybridized carbons (Fsp3) is 0.409. The molecule has 2 aromatic rings. The van der Waals surface area contributed by atoms with Crippen molar-refractivity contribution in [3.8, 4) is 0 Å². The van der Waals surface area contributed by atoms with Gasteiger partial charge in [0, 0.05) is 31.7 Å². The van der Waals surface area contributed by atoms with E-state index >= 15 is 0 Å². The molecule has 1 unspecified atom stereocenters. The summed E-state index contributed by atoms with van der Waals surface area (Å²) in [5, 5.41) is 6.74. The van der Waals surface area contributed by atoms with Gasteiger partial charge in [0.05, 0.1) is 0 Å². The third-order valence-corrected chi connectivity index (χ3v) is 4.37. The highest BCUT2D eigenvalue weighted by atomic mass is 19.1. The number of nitrogens with one attached hydrogen (secondary N) is 2. The van der Waals surface area contributed by atoms with Gasteiger partial charge in [-0.05, 0) is 57.1 Å². The summed E-state index contributed by atoms with van der Waals surface area (Å²) in [6, 6.07) is 16.0. The van der Waals surface area contributed by atoms with Gasteiger partial charge in [-0.2, -0.15) is 0 Å². The maximum absolute atomic E-state index is 13.9. The predicted molar refractivity (Wildman–Crippen MR) is 111 cm³/mol. The van der Waals surface area contributed by atoms with Crippen LogP contribution in [0.4, 0.5) is 4.39 Å². The average molecular weight is 371 g/mol. The van der Waals surface area contributed by atoms with Gasteiger partial charge in [-0.3, -0.25) is 4.99 Å². The molecule has 0 heterocycles. The van der Waals surface area contributed by atoms with E-state index in [2.05, 4.69) is 46.8 Å². The maximum atomic E-state index is 13.9. The van der Waals surface area contributed by atoms with Gasteiger partial charge in [-0.1, -0.05) is 36.4 Å². The summed E-state index contributed by atoms with van der Waals surface area (Å²) in [5.41, 5.74) is 3.08. The van der Waals surface area contributed by atoms with Crippen LogP contribution in [0.25, 0.3) is 0 Å². The SMILES string of the molecule is CN=C(NCc1ccc(F)c(CN(C)C)c1)NC(C)CCc1ccccc1. The Hall–Kier alpha value is -2.40. The summed E-state index contributed by atoms with van der Waals surface area (Å²) in [5.74, 6) is 0.596. The number of hydrogen-bond acceptors (Lipinski definition) is 2. The number of nitrogens with zero attached hydrogens (tertiary/aromatic N) is 2. The Labute approximate surface area is 162 Å². The molecule has 2 aromatic carbocycles. The van der Waals surface area contributed by atoms with Crippen LogP contribution in [0.15, 0.2) is 53.5 Å². The van der Waals surface area contributed by atoms with E-state index in [-0.39, 0.29) is 5.82 Å². The molecule has 0 aromatic heterocycles. The van der Waals surface area contributed by atoms with Gasteiger partial charge >= 0.3 is 0 Å². The molecule has 0 amide bonds. The van der Waals surface area contributed by atoms with E-state index in [9.17, 15) is 4.39 Å². The van der Waals surface area contributed by atoms with Crippen LogP contribution in [0, 0.1) is 5.82 Å². The van der Waals surface area contributed by atoms with Gasteiger partial charge in [0.25, 0.3) is 0 Å². The van der Waals surface area contributed by atoms with Gasteiger partial charge in [0.1, 0.15) is 5.82 Å². The number of aryl methyl sites for hydroxylation is 1. The number of benzene rings is 2. The number of guanidine groups is 1. The quantitative estimate of drug-likeness (QED) is 0.551. The number of halogens is 1. The van der Waals surface area contributed by atoms with Crippen LogP contribution in [-0.4, -0.2) is 38.0 Å². The molecule has 1 atom stereocenters. The fourth-order valence-electron chi connectivity index (χ4n) is 2.91. The largest absolute Gasteiger partial charge is 0.354 e. The second kappa shape index (κ2) is 10.7. The van der Waals surface area contributed by atoms with E-state index in [4.69, 9.17) is 0 Å². The molecular weight excluding hydrogens is 339 g/mol. The summed E-state index contributed by atoms with van der Waals surface area (Å²) in [6.07, 6.45) is 2.05. The lowest BCUT2D eigenvalue weighted by atomic mass is 10.1. The second-order valence-corrected chi connectivity index (χ2v) is 7.16. The molecular formula is C22H31FN4. The van der Waals surface area contributed by atoms with Gasteiger partial charge in [-0.25, -0.2) is 4.39 Å². The minimum Gasteiger partial charge on any atom is -0.354 e. The smallest absolute Gasteiger partial charge is 0.191 e. The summed E-state index contributed by atoms with van der Waals surface area (Å²) >= 11 is 0. The Balaban J connectivity index is 1.84. The first-order chi connectivity index (χ1) is 13.0.